The number of carbonyl (C=O) groups excluding carboxylic acids is 2. The number of carbonyl (C=O) groups is 2. The Bertz CT molecular complexity index is 904. The van der Waals surface area contributed by atoms with E-state index in [1.807, 2.05) is 6.92 Å². The number of halogens is 1. The summed E-state index contributed by atoms with van der Waals surface area (Å²) >= 11 is 1.42. The summed E-state index contributed by atoms with van der Waals surface area (Å²) in [5.41, 5.74) is 2.29. The van der Waals surface area contributed by atoms with Crippen molar-refractivity contribution in [2.75, 3.05) is 25.3 Å². The van der Waals surface area contributed by atoms with Gasteiger partial charge in [-0.2, -0.15) is 0 Å². The molecule has 0 radical (unpaired) electrons. The van der Waals surface area contributed by atoms with Crippen molar-refractivity contribution in [3.8, 4) is 11.5 Å². The van der Waals surface area contributed by atoms with Gasteiger partial charge in [-0.15, -0.1) is 11.8 Å². The lowest BCUT2D eigenvalue weighted by molar-refractivity contribution is -0.126. The summed E-state index contributed by atoms with van der Waals surface area (Å²) in [5.74, 6) is 0.742. The normalized spacial score (nSPS) is 18.7. The van der Waals surface area contributed by atoms with Crippen LogP contribution in [0.2, 0.25) is 0 Å². The average molecular weight is 418 g/mol. The first-order chi connectivity index (χ1) is 13.9. The average Bonchev–Trinajstić information content (AvgIpc) is 2.72. The molecule has 1 heterocycles. The highest BCUT2D eigenvalue weighted by Crippen LogP contribution is 2.33. The van der Waals surface area contributed by atoms with Crippen LogP contribution >= 0.6 is 11.8 Å². The third kappa shape index (κ3) is 5.00. The molecular formula is C21H23FN2O4S. The Balaban J connectivity index is 1.62. The lowest BCUT2D eigenvalue weighted by atomic mass is 10.1. The molecule has 1 fully saturated rings. The zero-order valence-corrected chi connectivity index (χ0v) is 17.3. The second-order valence-electron chi connectivity index (χ2n) is 6.73. The molecule has 2 aromatic rings. The Morgan fingerprint density at radius 1 is 1.21 bits per heavy atom. The minimum atomic E-state index is -0.635. The van der Waals surface area contributed by atoms with Crippen LogP contribution in [0.25, 0.3) is 0 Å². The lowest BCUT2D eigenvalue weighted by Gasteiger charge is -2.28. The third-order valence-corrected chi connectivity index (χ3v) is 6.02. The maximum Gasteiger partial charge on any atom is 0.247 e. The fourth-order valence-corrected chi connectivity index (χ4v) is 4.25. The molecule has 154 valence electrons. The summed E-state index contributed by atoms with van der Waals surface area (Å²) in [7, 11) is 3.07. The second-order valence-corrected chi connectivity index (χ2v) is 7.96. The second kappa shape index (κ2) is 9.17. The molecule has 2 unspecified atom stereocenters. The van der Waals surface area contributed by atoms with Crippen LogP contribution in [0.5, 0.6) is 11.5 Å². The van der Waals surface area contributed by atoms with E-state index >= 15 is 0 Å². The zero-order valence-electron chi connectivity index (χ0n) is 16.5. The molecule has 6 nitrogen and oxygen atoms in total. The van der Waals surface area contributed by atoms with E-state index in [4.69, 9.17) is 9.47 Å². The largest absolute Gasteiger partial charge is 0.493 e. The van der Waals surface area contributed by atoms with Gasteiger partial charge < -0.3 is 20.1 Å². The van der Waals surface area contributed by atoms with Crippen LogP contribution in [-0.2, 0) is 16.0 Å². The SMILES string of the molecule is COc1cc(C)c(NC(=O)C2CSC(Cc3ccc(F)cc3)C(=O)N2)cc1OC. The molecule has 2 amide bonds. The molecule has 2 N–H and O–H groups in total. The third-order valence-electron chi connectivity index (χ3n) is 4.71. The number of thioether (sulfide) groups is 1. The van der Waals surface area contributed by atoms with Crippen molar-refractivity contribution in [1.82, 2.24) is 5.32 Å². The van der Waals surface area contributed by atoms with Crippen LogP contribution in [0.4, 0.5) is 10.1 Å². The summed E-state index contributed by atoms with van der Waals surface area (Å²) in [4.78, 5) is 25.1. The van der Waals surface area contributed by atoms with E-state index in [0.29, 0.717) is 29.4 Å². The van der Waals surface area contributed by atoms with Crippen LogP contribution in [-0.4, -0.2) is 43.1 Å². The monoisotopic (exact) mass is 418 g/mol. The van der Waals surface area contributed by atoms with Gasteiger partial charge in [0.25, 0.3) is 0 Å². The van der Waals surface area contributed by atoms with Gasteiger partial charge in [-0.25, -0.2) is 4.39 Å². The van der Waals surface area contributed by atoms with Gasteiger partial charge in [0.1, 0.15) is 11.9 Å². The fraction of sp³-hybridized carbons (Fsp3) is 0.333. The predicted octanol–water partition coefficient (Wildman–Crippen LogP) is 2.93. The van der Waals surface area contributed by atoms with Crippen molar-refractivity contribution in [2.45, 2.75) is 24.6 Å². The number of methoxy groups -OCH3 is 2. The van der Waals surface area contributed by atoms with E-state index in [2.05, 4.69) is 10.6 Å². The summed E-state index contributed by atoms with van der Waals surface area (Å²) in [5, 5.41) is 5.33. The number of nitrogens with one attached hydrogen (secondary N) is 2. The minimum Gasteiger partial charge on any atom is -0.493 e. The Labute approximate surface area is 173 Å². The maximum atomic E-state index is 13.0. The smallest absolute Gasteiger partial charge is 0.247 e. The van der Waals surface area contributed by atoms with Crippen molar-refractivity contribution in [2.24, 2.45) is 0 Å². The molecule has 0 aliphatic carbocycles. The van der Waals surface area contributed by atoms with Crippen molar-refractivity contribution in [3.63, 3.8) is 0 Å². The van der Waals surface area contributed by atoms with Gasteiger partial charge in [-0.1, -0.05) is 12.1 Å². The van der Waals surface area contributed by atoms with Crippen LogP contribution in [0.3, 0.4) is 0 Å². The van der Waals surface area contributed by atoms with Crippen LogP contribution in [0.1, 0.15) is 11.1 Å². The van der Waals surface area contributed by atoms with E-state index < -0.39 is 6.04 Å². The summed E-state index contributed by atoms with van der Waals surface area (Å²) in [6, 6.07) is 8.93. The standard InChI is InChI=1S/C21H23FN2O4S/c1-12-8-17(27-2)18(28-3)10-15(12)23-20(25)16-11-29-19(21(26)24-16)9-13-4-6-14(22)7-5-13/h4-8,10,16,19H,9,11H2,1-3H3,(H,23,25)(H,24,26). The highest BCUT2D eigenvalue weighted by molar-refractivity contribution is 8.00. The summed E-state index contributed by atoms with van der Waals surface area (Å²) in [6.07, 6.45) is 0.486. The first-order valence-corrected chi connectivity index (χ1v) is 10.2. The topological polar surface area (TPSA) is 76.7 Å². The van der Waals surface area contributed by atoms with Gasteiger partial charge in [0.15, 0.2) is 11.5 Å². The van der Waals surface area contributed by atoms with Crippen molar-refractivity contribution >= 4 is 29.3 Å². The van der Waals surface area contributed by atoms with Crippen molar-refractivity contribution < 1.29 is 23.5 Å². The fourth-order valence-electron chi connectivity index (χ4n) is 3.06. The quantitative estimate of drug-likeness (QED) is 0.754. The minimum absolute atomic E-state index is 0.199. The van der Waals surface area contributed by atoms with E-state index in [0.717, 1.165) is 11.1 Å². The van der Waals surface area contributed by atoms with Gasteiger partial charge in [0.05, 0.1) is 19.5 Å². The first-order valence-electron chi connectivity index (χ1n) is 9.11. The number of benzene rings is 2. The van der Waals surface area contributed by atoms with Gasteiger partial charge in [0, 0.05) is 17.5 Å². The molecule has 3 rings (SSSR count). The molecule has 29 heavy (non-hydrogen) atoms. The molecule has 1 saturated heterocycles. The molecule has 0 bridgehead atoms. The lowest BCUT2D eigenvalue weighted by Crippen LogP contribution is -2.52. The highest BCUT2D eigenvalue weighted by Gasteiger charge is 2.32. The van der Waals surface area contributed by atoms with Crippen LogP contribution in [0.15, 0.2) is 36.4 Å². The van der Waals surface area contributed by atoms with Crippen LogP contribution < -0.4 is 20.1 Å². The maximum absolute atomic E-state index is 13.0. The van der Waals surface area contributed by atoms with Gasteiger partial charge in [-0.3, -0.25) is 9.59 Å². The van der Waals surface area contributed by atoms with Crippen LogP contribution in [0, 0.1) is 12.7 Å². The Hall–Kier alpha value is -2.74. The number of anilines is 1. The predicted molar refractivity (Wildman–Crippen MR) is 111 cm³/mol. The van der Waals surface area contributed by atoms with Gasteiger partial charge >= 0.3 is 0 Å². The Morgan fingerprint density at radius 3 is 2.48 bits per heavy atom. The number of amides is 2. The van der Waals surface area contributed by atoms with E-state index in [1.165, 1.54) is 31.0 Å². The molecular weight excluding hydrogens is 395 g/mol. The number of rotatable bonds is 6. The Morgan fingerprint density at radius 2 is 1.86 bits per heavy atom. The number of hydrogen-bond donors (Lipinski definition) is 2. The summed E-state index contributed by atoms with van der Waals surface area (Å²) < 4.78 is 23.6. The highest BCUT2D eigenvalue weighted by atomic mass is 32.2. The van der Waals surface area contributed by atoms with E-state index in [1.54, 1.807) is 31.4 Å². The van der Waals surface area contributed by atoms with Crippen molar-refractivity contribution in [3.05, 3.63) is 53.3 Å². The molecule has 8 heteroatoms. The number of hydrogen-bond acceptors (Lipinski definition) is 5. The molecule has 0 spiro atoms. The van der Waals surface area contributed by atoms with E-state index in [-0.39, 0.29) is 22.9 Å². The molecule has 0 saturated carbocycles. The zero-order chi connectivity index (χ0) is 21.0. The molecule has 2 aromatic carbocycles. The van der Waals surface area contributed by atoms with Gasteiger partial charge in [-0.05, 0) is 42.7 Å². The molecule has 1 aliphatic rings. The molecule has 1 aliphatic heterocycles. The molecule has 0 aromatic heterocycles. The number of ether oxygens (including phenoxy) is 2. The van der Waals surface area contributed by atoms with Gasteiger partial charge in [0.2, 0.25) is 11.8 Å². The number of aryl methyl sites for hydroxylation is 1. The summed E-state index contributed by atoms with van der Waals surface area (Å²) in [6.45, 7) is 1.85. The van der Waals surface area contributed by atoms with Crippen molar-refractivity contribution in [1.29, 1.82) is 0 Å². The Kier molecular flexibility index (Phi) is 6.64. The first kappa shape index (κ1) is 21.0. The molecule has 2 atom stereocenters. The van der Waals surface area contributed by atoms with E-state index in [9.17, 15) is 14.0 Å².